The number of carbonyl (C=O) groups excluding carboxylic acids is 1. The summed E-state index contributed by atoms with van der Waals surface area (Å²) in [7, 11) is 3.61. The van der Waals surface area contributed by atoms with Gasteiger partial charge in [0.15, 0.2) is 0 Å². The molecule has 2 heterocycles. The number of hydrogen-bond acceptors (Lipinski definition) is 4. The SMILES string of the molecule is CCCNC1(c2nccs2)CCN(C(=O)N(C)C)CC1. The van der Waals surface area contributed by atoms with E-state index in [4.69, 9.17) is 0 Å². The zero-order chi connectivity index (χ0) is 14.6. The molecule has 1 aromatic rings. The fourth-order valence-corrected chi connectivity index (χ4v) is 3.53. The molecule has 0 aliphatic carbocycles. The van der Waals surface area contributed by atoms with Gasteiger partial charge in [-0.15, -0.1) is 11.3 Å². The van der Waals surface area contributed by atoms with Crippen molar-refractivity contribution in [3.63, 3.8) is 0 Å². The number of thiazole rings is 1. The summed E-state index contributed by atoms with van der Waals surface area (Å²) in [4.78, 5) is 20.1. The molecular formula is C14H24N4OS. The van der Waals surface area contributed by atoms with Crippen LogP contribution in [0.1, 0.15) is 31.2 Å². The van der Waals surface area contributed by atoms with Gasteiger partial charge in [0.05, 0.1) is 5.54 Å². The van der Waals surface area contributed by atoms with Crippen LogP contribution in [-0.2, 0) is 5.54 Å². The van der Waals surface area contributed by atoms with Gasteiger partial charge in [0.2, 0.25) is 0 Å². The third kappa shape index (κ3) is 3.12. The van der Waals surface area contributed by atoms with Crippen molar-refractivity contribution in [3.05, 3.63) is 16.6 Å². The van der Waals surface area contributed by atoms with Crippen LogP contribution in [-0.4, -0.2) is 54.5 Å². The Kier molecular flexibility index (Phi) is 4.99. The van der Waals surface area contributed by atoms with Gasteiger partial charge >= 0.3 is 6.03 Å². The Bertz CT molecular complexity index is 424. The van der Waals surface area contributed by atoms with E-state index in [9.17, 15) is 4.79 Å². The van der Waals surface area contributed by atoms with Crippen molar-refractivity contribution in [1.82, 2.24) is 20.1 Å². The summed E-state index contributed by atoms with van der Waals surface area (Å²) < 4.78 is 0. The summed E-state index contributed by atoms with van der Waals surface area (Å²) in [5, 5.41) is 6.86. The van der Waals surface area contributed by atoms with E-state index in [1.165, 1.54) is 0 Å². The minimum absolute atomic E-state index is 0.0483. The van der Waals surface area contributed by atoms with E-state index in [1.807, 2.05) is 16.5 Å². The van der Waals surface area contributed by atoms with Crippen molar-refractivity contribution in [2.45, 2.75) is 31.7 Å². The zero-order valence-electron chi connectivity index (χ0n) is 12.6. The largest absolute Gasteiger partial charge is 0.331 e. The number of aromatic nitrogens is 1. The summed E-state index contributed by atoms with van der Waals surface area (Å²) in [6.07, 6.45) is 4.83. The molecule has 112 valence electrons. The van der Waals surface area contributed by atoms with Crippen molar-refractivity contribution in [2.75, 3.05) is 33.7 Å². The van der Waals surface area contributed by atoms with Crippen LogP contribution in [0.25, 0.3) is 0 Å². The Hall–Kier alpha value is -1.14. The summed E-state index contributed by atoms with van der Waals surface area (Å²) in [6.45, 7) is 4.73. The summed E-state index contributed by atoms with van der Waals surface area (Å²) >= 11 is 1.71. The first-order chi connectivity index (χ1) is 9.59. The number of nitrogens with one attached hydrogen (secondary N) is 1. The number of hydrogen-bond donors (Lipinski definition) is 1. The maximum absolute atomic E-state index is 12.0. The molecule has 2 amide bonds. The summed E-state index contributed by atoms with van der Waals surface area (Å²) in [5.41, 5.74) is -0.0483. The molecule has 0 bridgehead atoms. The highest BCUT2D eigenvalue weighted by atomic mass is 32.1. The van der Waals surface area contributed by atoms with E-state index in [1.54, 1.807) is 30.3 Å². The minimum atomic E-state index is -0.0483. The van der Waals surface area contributed by atoms with Gasteiger partial charge in [-0.1, -0.05) is 6.92 Å². The molecule has 5 nitrogen and oxygen atoms in total. The van der Waals surface area contributed by atoms with Gasteiger partial charge in [0.25, 0.3) is 0 Å². The van der Waals surface area contributed by atoms with Crippen LogP contribution >= 0.6 is 11.3 Å². The predicted molar refractivity (Wildman–Crippen MR) is 82.0 cm³/mol. The molecule has 6 heteroatoms. The lowest BCUT2D eigenvalue weighted by Gasteiger charge is -2.42. The quantitative estimate of drug-likeness (QED) is 0.926. The predicted octanol–water partition coefficient (Wildman–Crippen LogP) is 2.12. The second kappa shape index (κ2) is 6.54. The first-order valence-electron chi connectivity index (χ1n) is 7.20. The first kappa shape index (κ1) is 15.3. The number of amides is 2. The highest BCUT2D eigenvalue weighted by Crippen LogP contribution is 2.34. The molecule has 1 aromatic heterocycles. The lowest BCUT2D eigenvalue weighted by atomic mass is 9.88. The van der Waals surface area contributed by atoms with Gasteiger partial charge in [-0.25, -0.2) is 9.78 Å². The van der Waals surface area contributed by atoms with Crippen LogP contribution in [0.3, 0.4) is 0 Å². The molecule has 20 heavy (non-hydrogen) atoms. The number of rotatable bonds is 4. The third-order valence-corrected chi connectivity index (χ3v) is 4.80. The second-order valence-electron chi connectivity index (χ2n) is 5.51. The van der Waals surface area contributed by atoms with E-state index >= 15 is 0 Å². The highest BCUT2D eigenvalue weighted by molar-refractivity contribution is 7.09. The van der Waals surface area contributed by atoms with Gasteiger partial charge in [-0.2, -0.15) is 0 Å². The van der Waals surface area contributed by atoms with E-state index in [0.29, 0.717) is 0 Å². The van der Waals surface area contributed by atoms with Crippen LogP contribution in [0.4, 0.5) is 4.79 Å². The third-order valence-electron chi connectivity index (χ3n) is 3.83. The molecule has 0 saturated carbocycles. The summed E-state index contributed by atoms with van der Waals surface area (Å²) in [6, 6.07) is 0.105. The van der Waals surface area contributed by atoms with Crippen molar-refractivity contribution in [3.8, 4) is 0 Å². The van der Waals surface area contributed by atoms with Crippen LogP contribution in [0.2, 0.25) is 0 Å². The van der Waals surface area contributed by atoms with Gasteiger partial charge < -0.3 is 15.1 Å². The van der Waals surface area contributed by atoms with E-state index in [-0.39, 0.29) is 11.6 Å². The van der Waals surface area contributed by atoms with Crippen molar-refractivity contribution >= 4 is 17.4 Å². The summed E-state index contributed by atoms with van der Waals surface area (Å²) in [5.74, 6) is 0. The molecule has 1 saturated heterocycles. The monoisotopic (exact) mass is 296 g/mol. The molecule has 0 spiro atoms. The lowest BCUT2D eigenvalue weighted by Crippen LogP contribution is -2.54. The molecule has 0 aromatic carbocycles. The molecule has 1 N–H and O–H groups in total. The van der Waals surface area contributed by atoms with E-state index < -0.39 is 0 Å². The Balaban J connectivity index is 2.07. The standard InChI is InChI=1S/C14H24N4OS/c1-4-7-16-14(12-15-8-11-20-12)5-9-18(10-6-14)13(19)17(2)3/h8,11,16H,4-7,9-10H2,1-3H3. The Morgan fingerprint density at radius 2 is 2.20 bits per heavy atom. The number of carbonyl (C=O) groups is 1. The molecule has 0 atom stereocenters. The number of likely N-dealkylation sites (tertiary alicyclic amines) is 1. The van der Waals surface area contributed by atoms with Gasteiger partial charge in [-0.05, 0) is 25.8 Å². The lowest BCUT2D eigenvalue weighted by molar-refractivity contribution is 0.124. The second-order valence-corrected chi connectivity index (χ2v) is 6.40. The fraction of sp³-hybridized carbons (Fsp3) is 0.714. The Labute approximate surface area is 125 Å². The van der Waals surface area contributed by atoms with Crippen LogP contribution < -0.4 is 5.32 Å². The topological polar surface area (TPSA) is 48.5 Å². The normalized spacial score (nSPS) is 18.1. The minimum Gasteiger partial charge on any atom is -0.331 e. The number of urea groups is 1. The highest BCUT2D eigenvalue weighted by Gasteiger charge is 2.39. The average Bonchev–Trinajstić information content (AvgIpc) is 2.99. The maximum atomic E-state index is 12.0. The molecule has 1 fully saturated rings. The number of piperidine rings is 1. The Morgan fingerprint density at radius 1 is 1.50 bits per heavy atom. The van der Waals surface area contributed by atoms with E-state index in [2.05, 4.69) is 17.2 Å². The smallest absolute Gasteiger partial charge is 0.319 e. The maximum Gasteiger partial charge on any atom is 0.319 e. The van der Waals surface area contributed by atoms with Crippen LogP contribution in [0.15, 0.2) is 11.6 Å². The fourth-order valence-electron chi connectivity index (χ4n) is 2.65. The van der Waals surface area contributed by atoms with Crippen molar-refractivity contribution in [2.24, 2.45) is 0 Å². The van der Waals surface area contributed by atoms with Gasteiger partial charge in [0.1, 0.15) is 5.01 Å². The Morgan fingerprint density at radius 3 is 2.70 bits per heavy atom. The molecule has 1 aliphatic heterocycles. The molecule has 0 unspecified atom stereocenters. The van der Waals surface area contributed by atoms with E-state index in [0.717, 1.165) is 43.9 Å². The zero-order valence-corrected chi connectivity index (χ0v) is 13.4. The molecular weight excluding hydrogens is 272 g/mol. The first-order valence-corrected chi connectivity index (χ1v) is 8.08. The van der Waals surface area contributed by atoms with Gasteiger partial charge in [0, 0.05) is 38.8 Å². The molecule has 1 aliphatic rings. The van der Waals surface area contributed by atoms with Crippen molar-refractivity contribution < 1.29 is 4.79 Å². The average molecular weight is 296 g/mol. The number of nitrogens with zero attached hydrogens (tertiary/aromatic N) is 3. The molecule has 0 radical (unpaired) electrons. The van der Waals surface area contributed by atoms with Gasteiger partial charge in [-0.3, -0.25) is 0 Å². The van der Waals surface area contributed by atoms with Crippen LogP contribution in [0.5, 0.6) is 0 Å². The molecule has 2 rings (SSSR count). The van der Waals surface area contributed by atoms with Crippen molar-refractivity contribution in [1.29, 1.82) is 0 Å². The van der Waals surface area contributed by atoms with Crippen LogP contribution in [0, 0.1) is 0 Å².